The molecule has 6 rings (SSSR count). The van der Waals surface area contributed by atoms with E-state index in [1.807, 2.05) is 72.8 Å². The van der Waals surface area contributed by atoms with Gasteiger partial charge in [-0.15, -0.1) is 0 Å². The van der Waals surface area contributed by atoms with Crippen molar-refractivity contribution in [2.75, 3.05) is 20.3 Å². The molecular weight excluding hydrogens is 472 g/mol. The number of aromatic nitrogens is 2. The average Bonchev–Trinajstić information content (AvgIpc) is 2.94. The van der Waals surface area contributed by atoms with Gasteiger partial charge in [-0.25, -0.2) is 14.6 Å². The highest BCUT2D eigenvalue weighted by Gasteiger charge is 2.26. The van der Waals surface area contributed by atoms with E-state index in [-0.39, 0.29) is 17.1 Å². The Labute approximate surface area is 212 Å². The average molecular weight is 497 g/mol. The fourth-order valence-corrected chi connectivity index (χ4v) is 4.35. The third-order valence-corrected chi connectivity index (χ3v) is 6.15. The van der Waals surface area contributed by atoms with Crippen LogP contribution in [0.15, 0.2) is 77.6 Å². The maximum Gasteiger partial charge on any atom is 0.344 e. The fraction of sp³-hybridized carbons (Fsp3) is 0.172. The molecule has 186 valence electrons. The van der Waals surface area contributed by atoms with Gasteiger partial charge in [0.25, 0.3) is 5.56 Å². The van der Waals surface area contributed by atoms with Crippen LogP contribution in [0.25, 0.3) is 22.5 Å². The van der Waals surface area contributed by atoms with E-state index in [9.17, 15) is 14.4 Å². The van der Waals surface area contributed by atoms with E-state index in [0.717, 1.165) is 33.6 Å². The Bertz CT molecular complexity index is 1500. The molecule has 0 saturated heterocycles. The highest BCUT2D eigenvalue weighted by Crippen LogP contribution is 2.30. The number of H-pyrrole nitrogens is 1. The first-order valence-electron chi connectivity index (χ1n) is 11.8. The molecule has 37 heavy (non-hydrogen) atoms. The number of fused-ring (bicyclic) bond motifs is 2. The van der Waals surface area contributed by atoms with E-state index < -0.39 is 5.97 Å². The first kappa shape index (κ1) is 24.0. The van der Waals surface area contributed by atoms with Crippen molar-refractivity contribution in [1.82, 2.24) is 9.97 Å². The summed E-state index contributed by atoms with van der Waals surface area (Å²) < 4.78 is 15.1. The molecule has 4 aromatic rings. The second kappa shape index (κ2) is 10.5. The van der Waals surface area contributed by atoms with Crippen molar-refractivity contribution in [2.24, 2.45) is 0 Å². The van der Waals surface area contributed by atoms with Crippen LogP contribution in [0.2, 0.25) is 0 Å². The van der Waals surface area contributed by atoms with Crippen molar-refractivity contribution in [2.45, 2.75) is 12.8 Å². The van der Waals surface area contributed by atoms with Crippen LogP contribution in [0.3, 0.4) is 0 Å². The Kier molecular flexibility index (Phi) is 6.81. The molecule has 2 aliphatic heterocycles. The molecule has 0 atom stereocenters. The summed E-state index contributed by atoms with van der Waals surface area (Å²) >= 11 is 0. The third kappa shape index (κ3) is 4.99. The van der Waals surface area contributed by atoms with Crippen molar-refractivity contribution in [1.29, 1.82) is 0 Å². The van der Waals surface area contributed by atoms with Crippen LogP contribution in [0.5, 0.6) is 5.88 Å². The summed E-state index contributed by atoms with van der Waals surface area (Å²) in [5.41, 5.74) is 5.38. The number of nitrogens with zero attached hydrogens (tertiary/aromatic N) is 1. The number of nitrogens with one attached hydrogen (secondary N) is 1. The molecule has 0 saturated carbocycles. The molecule has 0 spiro atoms. The van der Waals surface area contributed by atoms with E-state index in [2.05, 4.69) is 9.97 Å². The number of benzene rings is 2. The molecule has 4 heterocycles. The predicted octanol–water partition coefficient (Wildman–Crippen LogP) is 4.22. The van der Waals surface area contributed by atoms with E-state index in [1.54, 1.807) is 0 Å². The smallest absolute Gasteiger partial charge is 0.344 e. The lowest BCUT2D eigenvalue weighted by atomic mass is 10.0. The topological polar surface area (TPSA) is 108 Å². The summed E-state index contributed by atoms with van der Waals surface area (Å²) in [4.78, 5) is 42.3. The molecule has 0 radical (unpaired) electrons. The molecule has 0 amide bonds. The number of carbonyl (C=O) groups is 2. The molecule has 2 aromatic heterocycles. The number of rotatable bonds is 3. The zero-order valence-electron chi connectivity index (χ0n) is 20.2. The van der Waals surface area contributed by atoms with Gasteiger partial charge in [-0.05, 0) is 28.8 Å². The zero-order valence-corrected chi connectivity index (χ0v) is 20.2. The highest BCUT2D eigenvalue weighted by molar-refractivity contribution is 5.95. The largest absolute Gasteiger partial charge is 0.480 e. The van der Waals surface area contributed by atoms with Gasteiger partial charge in [0.2, 0.25) is 5.88 Å². The minimum Gasteiger partial charge on any atom is -0.480 e. The fourth-order valence-electron chi connectivity index (χ4n) is 4.35. The molecule has 2 aliphatic rings. The van der Waals surface area contributed by atoms with Crippen molar-refractivity contribution in [3.63, 3.8) is 0 Å². The maximum atomic E-state index is 11.9. The second-order valence-electron chi connectivity index (χ2n) is 8.47. The quantitative estimate of drug-likeness (QED) is 0.423. The summed E-state index contributed by atoms with van der Waals surface area (Å²) in [7, 11) is 1.51. The summed E-state index contributed by atoms with van der Waals surface area (Å²) in [5, 5.41) is 0. The van der Waals surface area contributed by atoms with E-state index in [0.29, 0.717) is 37.5 Å². The van der Waals surface area contributed by atoms with Crippen LogP contribution in [-0.2, 0) is 22.3 Å². The number of hydrogen-bond acceptors (Lipinski definition) is 7. The lowest BCUT2D eigenvalue weighted by molar-refractivity contribution is 0.0466. The highest BCUT2D eigenvalue weighted by atomic mass is 16.5. The summed E-state index contributed by atoms with van der Waals surface area (Å²) in [6.07, 6.45) is 1.28. The van der Waals surface area contributed by atoms with Gasteiger partial charge in [-0.3, -0.25) is 4.79 Å². The van der Waals surface area contributed by atoms with Crippen LogP contribution < -0.4 is 10.3 Å². The second-order valence-corrected chi connectivity index (χ2v) is 8.47. The zero-order chi connectivity index (χ0) is 25.8. The number of esters is 2. The van der Waals surface area contributed by atoms with E-state index >= 15 is 0 Å². The van der Waals surface area contributed by atoms with Gasteiger partial charge < -0.3 is 19.2 Å². The molecule has 8 heteroatoms. The van der Waals surface area contributed by atoms with Gasteiger partial charge in [0.1, 0.15) is 11.1 Å². The summed E-state index contributed by atoms with van der Waals surface area (Å²) in [6.45, 7) is 0.747. The minimum atomic E-state index is -0.530. The number of carbonyl (C=O) groups excluding carboxylic acids is 2. The Hall–Kier alpha value is -4.72. The molecule has 8 nitrogen and oxygen atoms in total. The van der Waals surface area contributed by atoms with Crippen LogP contribution in [0, 0.1) is 0 Å². The lowest BCUT2D eigenvalue weighted by Crippen LogP contribution is -2.27. The standard InChI is InChI=1S/C15H13NO3.C14H11NO3/c1-18-14-13-11(7-8-19-15(13)17)9-12(16-14)10-5-3-2-4-6-10;16-13-12-10(6-7-18-14(12)17)8-11(15-13)9-4-2-1-3-5-9/h2-6,9H,7-8H2,1H3;1-5,8H,6-7H2,(H,15,16). The van der Waals surface area contributed by atoms with Crippen LogP contribution in [-0.4, -0.2) is 42.2 Å². The van der Waals surface area contributed by atoms with Gasteiger partial charge in [0, 0.05) is 24.1 Å². The van der Waals surface area contributed by atoms with Crippen LogP contribution >= 0.6 is 0 Å². The first-order chi connectivity index (χ1) is 18.0. The minimum absolute atomic E-state index is 0.140. The van der Waals surface area contributed by atoms with Crippen LogP contribution in [0.1, 0.15) is 31.8 Å². The maximum absolute atomic E-state index is 11.9. The predicted molar refractivity (Wildman–Crippen MR) is 137 cm³/mol. The number of methoxy groups -OCH3 is 1. The molecule has 1 N–H and O–H groups in total. The third-order valence-electron chi connectivity index (χ3n) is 6.15. The van der Waals surface area contributed by atoms with Crippen molar-refractivity contribution in [3.05, 3.63) is 105 Å². The Balaban J connectivity index is 0.000000152. The Morgan fingerprint density at radius 1 is 0.757 bits per heavy atom. The van der Waals surface area contributed by atoms with Gasteiger partial charge in [-0.2, -0.15) is 0 Å². The SMILES string of the molecule is COc1nc(-c2ccccc2)cc2c1C(=O)OCC2.O=C1OCCc2cc(-c3ccccc3)[nH]c(=O)c21. The molecule has 0 aliphatic carbocycles. The number of cyclic esters (lactones) is 2. The number of pyridine rings is 2. The summed E-state index contributed by atoms with van der Waals surface area (Å²) in [6, 6.07) is 23.2. The van der Waals surface area contributed by atoms with Gasteiger partial charge >= 0.3 is 11.9 Å². The first-order valence-corrected chi connectivity index (χ1v) is 11.8. The Morgan fingerprint density at radius 3 is 1.95 bits per heavy atom. The lowest BCUT2D eigenvalue weighted by Gasteiger charge is -2.18. The number of hydrogen-bond donors (Lipinski definition) is 1. The molecule has 0 unspecified atom stereocenters. The molecule has 0 fully saturated rings. The van der Waals surface area contributed by atoms with Gasteiger partial charge in [0.05, 0.1) is 26.0 Å². The summed E-state index contributed by atoms with van der Waals surface area (Å²) in [5.74, 6) is -0.552. The van der Waals surface area contributed by atoms with Gasteiger partial charge in [0.15, 0.2) is 0 Å². The van der Waals surface area contributed by atoms with Crippen molar-refractivity contribution >= 4 is 11.9 Å². The molecule has 2 aromatic carbocycles. The number of ether oxygens (including phenoxy) is 3. The van der Waals surface area contributed by atoms with Crippen molar-refractivity contribution < 1.29 is 23.8 Å². The van der Waals surface area contributed by atoms with Crippen LogP contribution in [0.4, 0.5) is 0 Å². The molecular formula is C29H24N2O6. The number of aromatic amines is 1. The van der Waals surface area contributed by atoms with Gasteiger partial charge in [-0.1, -0.05) is 60.7 Å². The van der Waals surface area contributed by atoms with E-state index in [4.69, 9.17) is 14.2 Å². The molecule has 0 bridgehead atoms. The normalized spacial score (nSPS) is 13.8. The Morgan fingerprint density at radius 2 is 1.32 bits per heavy atom. The monoisotopic (exact) mass is 496 g/mol. The van der Waals surface area contributed by atoms with Crippen molar-refractivity contribution in [3.8, 4) is 28.4 Å². The van der Waals surface area contributed by atoms with E-state index in [1.165, 1.54) is 7.11 Å².